The summed E-state index contributed by atoms with van der Waals surface area (Å²) in [5.41, 5.74) is 4.31. The Hall–Kier alpha value is -2.69. The molecule has 29 heavy (non-hydrogen) atoms. The van der Waals surface area contributed by atoms with Gasteiger partial charge in [-0.15, -0.1) is 0 Å². The number of aryl methyl sites for hydroxylation is 1. The Morgan fingerprint density at radius 2 is 1.66 bits per heavy atom. The van der Waals surface area contributed by atoms with Crippen LogP contribution in [0.5, 0.6) is 17.2 Å². The zero-order valence-corrected chi connectivity index (χ0v) is 17.4. The number of phenols is 1. The van der Waals surface area contributed by atoms with Gasteiger partial charge in [-0.05, 0) is 71.7 Å². The van der Waals surface area contributed by atoms with Gasteiger partial charge >= 0.3 is 0 Å². The number of aromatic hydroxyl groups is 1. The normalized spacial score (nSPS) is 10.5. The zero-order valence-electron chi connectivity index (χ0n) is 15.9. The largest absolute Gasteiger partial charge is 0.508 e. The first-order valence-electron chi connectivity index (χ1n) is 8.81. The molecule has 3 rings (SSSR count). The summed E-state index contributed by atoms with van der Waals surface area (Å²) in [6, 6.07) is 15.5. The minimum absolute atomic E-state index is 0.0680. The number of methoxy groups -OCH3 is 1. The van der Waals surface area contributed by atoms with Gasteiger partial charge in [0.1, 0.15) is 22.6 Å². The molecular weight excluding hydrogens is 414 g/mol. The molecule has 0 aromatic heterocycles. The van der Waals surface area contributed by atoms with Crippen LogP contribution >= 0.6 is 23.2 Å². The summed E-state index contributed by atoms with van der Waals surface area (Å²) < 4.78 is 25.5. The van der Waals surface area contributed by atoms with Gasteiger partial charge in [0.05, 0.1) is 7.11 Å². The molecule has 0 aliphatic carbocycles. The van der Waals surface area contributed by atoms with E-state index in [-0.39, 0.29) is 22.6 Å². The Morgan fingerprint density at radius 3 is 2.28 bits per heavy atom. The van der Waals surface area contributed by atoms with Gasteiger partial charge in [-0.25, -0.2) is 4.39 Å². The van der Waals surface area contributed by atoms with Crippen molar-refractivity contribution >= 4 is 23.2 Å². The van der Waals surface area contributed by atoms with Gasteiger partial charge in [-0.2, -0.15) is 0 Å². The molecule has 1 N–H and O–H groups in total. The SMILES string of the molecule is COc1cc(-c2ccc(OCC=C(Cl)Cl)c(F)c2)c(C)cc1-c1ccc(O)cc1. The van der Waals surface area contributed by atoms with E-state index in [9.17, 15) is 9.50 Å². The van der Waals surface area contributed by atoms with E-state index in [1.807, 2.05) is 31.2 Å². The van der Waals surface area contributed by atoms with Crippen molar-refractivity contribution in [1.82, 2.24) is 0 Å². The summed E-state index contributed by atoms with van der Waals surface area (Å²) >= 11 is 11.1. The second kappa shape index (κ2) is 9.21. The van der Waals surface area contributed by atoms with Crippen molar-refractivity contribution in [2.75, 3.05) is 13.7 Å². The fourth-order valence-corrected chi connectivity index (χ4v) is 3.14. The second-order valence-corrected chi connectivity index (χ2v) is 7.37. The molecule has 0 aliphatic rings. The van der Waals surface area contributed by atoms with Crippen molar-refractivity contribution in [3.05, 3.63) is 76.5 Å². The van der Waals surface area contributed by atoms with Gasteiger partial charge in [0, 0.05) is 5.56 Å². The molecule has 3 nitrogen and oxygen atoms in total. The molecule has 3 aromatic rings. The lowest BCUT2D eigenvalue weighted by Crippen LogP contribution is -1.97. The van der Waals surface area contributed by atoms with E-state index >= 15 is 0 Å². The maximum absolute atomic E-state index is 14.5. The van der Waals surface area contributed by atoms with Crippen LogP contribution in [0.2, 0.25) is 0 Å². The van der Waals surface area contributed by atoms with Crippen LogP contribution in [0.15, 0.2) is 65.2 Å². The summed E-state index contributed by atoms with van der Waals surface area (Å²) in [6.07, 6.45) is 1.44. The van der Waals surface area contributed by atoms with E-state index in [1.165, 1.54) is 12.1 Å². The van der Waals surface area contributed by atoms with Gasteiger partial charge in [0.2, 0.25) is 0 Å². The van der Waals surface area contributed by atoms with Crippen molar-refractivity contribution in [2.24, 2.45) is 0 Å². The van der Waals surface area contributed by atoms with Crippen molar-refractivity contribution in [2.45, 2.75) is 6.92 Å². The molecule has 150 valence electrons. The monoisotopic (exact) mass is 432 g/mol. The number of halogens is 3. The van der Waals surface area contributed by atoms with E-state index in [0.717, 1.165) is 22.3 Å². The molecule has 0 atom stereocenters. The maximum atomic E-state index is 14.5. The summed E-state index contributed by atoms with van der Waals surface area (Å²) in [7, 11) is 1.59. The highest BCUT2D eigenvalue weighted by molar-refractivity contribution is 6.55. The van der Waals surface area contributed by atoms with E-state index in [0.29, 0.717) is 11.3 Å². The van der Waals surface area contributed by atoms with Crippen LogP contribution in [0, 0.1) is 12.7 Å². The Kier molecular flexibility index (Phi) is 6.68. The first-order valence-corrected chi connectivity index (χ1v) is 9.56. The van der Waals surface area contributed by atoms with E-state index in [4.69, 9.17) is 32.7 Å². The average molecular weight is 433 g/mol. The molecule has 0 spiro atoms. The lowest BCUT2D eigenvalue weighted by molar-refractivity contribution is 0.342. The summed E-state index contributed by atoms with van der Waals surface area (Å²) in [5, 5.41) is 9.51. The van der Waals surface area contributed by atoms with Crippen LogP contribution in [0.3, 0.4) is 0 Å². The third-order valence-electron chi connectivity index (χ3n) is 4.44. The zero-order chi connectivity index (χ0) is 21.0. The quantitative estimate of drug-likeness (QED) is 0.461. The fourth-order valence-electron chi connectivity index (χ4n) is 3.01. The molecule has 0 saturated heterocycles. The number of hydrogen-bond acceptors (Lipinski definition) is 3. The van der Waals surface area contributed by atoms with Crippen LogP contribution in [0.25, 0.3) is 22.3 Å². The van der Waals surface area contributed by atoms with Gasteiger partial charge in [0.25, 0.3) is 0 Å². The van der Waals surface area contributed by atoms with E-state index in [1.54, 1.807) is 31.4 Å². The molecule has 0 saturated carbocycles. The molecule has 0 unspecified atom stereocenters. The predicted molar refractivity (Wildman–Crippen MR) is 116 cm³/mol. The molecule has 0 radical (unpaired) electrons. The van der Waals surface area contributed by atoms with Crippen LogP contribution in [0.4, 0.5) is 4.39 Å². The number of phenolic OH excluding ortho intramolecular Hbond substituents is 1. The maximum Gasteiger partial charge on any atom is 0.165 e. The third-order valence-corrected chi connectivity index (χ3v) is 4.75. The Balaban J connectivity index is 1.95. The number of benzene rings is 3. The topological polar surface area (TPSA) is 38.7 Å². The summed E-state index contributed by atoms with van der Waals surface area (Å²) in [5.74, 6) is 0.481. The number of ether oxygens (including phenoxy) is 2. The molecule has 3 aromatic carbocycles. The van der Waals surface area contributed by atoms with Crippen LogP contribution in [-0.4, -0.2) is 18.8 Å². The first kappa shape index (κ1) is 21.0. The van der Waals surface area contributed by atoms with Gasteiger partial charge in [0.15, 0.2) is 11.6 Å². The van der Waals surface area contributed by atoms with Crippen molar-refractivity contribution in [3.63, 3.8) is 0 Å². The van der Waals surface area contributed by atoms with Crippen molar-refractivity contribution in [1.29, 1.82) is 0 Å². The summed E-state index contributed by atoms with van der Waals surface area (Å²) in [6.45, 7) is 2.03. The van der Waals surface area contributed by atoms with Crippen LogP contribution in [0.1, 0.15) is 5.56 Å². The number of hydrogen-bond donors (Lipinski definition) is 1. The lowest BCUT2D eigenvalue weighted by Gasteiger charge is -2.15. The fraction of sp³-hybridized carbons (Fsp3) is 0.130. The van der Waals surface area contributed by atoms with E-state index < -0.39 is 5.82 Å². The molecule has 6 heteroatoms. The second-order valence-electron chi connectivity index (χ2n) is 6.36. The molecule has 0 fully saturated rings. The molecule has 0 amide bonds. The average Bonchev–Trinajstić information content (AvgIpc) is 2.69. The highest BCUT2D eigenvalue weighted by Gasteiger charge is 2.13. The smallest absolute Gasteiger partial charge is 0.165 e. The number of rotatable bonds is 6. The molecule has 0 aliphatic heterocycles. The summed E-state index contributed by atoms with van der Waals surface area (Å²) in [4.78, 5) is 0. The molecular formula is C23H19Cl2FO3. The van der Waals surface area contributed by atoms with Gasteiger partial charge < -0.3 is 14.6 Å². The van der Waals surface area contributed by atoms with Gasteiger partial charge in [-0.3, -0.25) is 0 Å². The Morgan fingerprint density at radius 1 is 0.966 bits per heavy atom. The van der Waals surface area contributed by atoms with Crippen molar-refractivity contribution < 1.29 is 19.0 Å². The van der Waals surface area contributed by atoms with Gasteiger partial charge in [-0.1, -0.05) is 41.4 Å². The minimum Gasteiger partial charge on any atom is -0.508 e. The predicted octanol–water partition coefficient (Wildman–Crippen LogP) is 6.88. The standard InChI is InChI=1S/C23H19Cl2FO3/c1-14-11-19(15-3-6-17(27)7-4-15)22(28-2)13-18(14)16-5-8-21(20(26)12-16)29-10-9-23(24)25/h3-9,11-13,27H,10H2,1-2H3. The third kappa shape index (κ3) is 5.03. The molecule has 0 bridgehead atoms. The van der Waals surface area contributed by atoms with Crippen molar-refractivity contribution in [3.8, 4) is 39.5 Å². The first-order chi connectivity index (χ1) is 13.9. The molecule has 0 heterocycles. The lowest BCUT2D eigenvalue weighted by atomic mass is 9.94. The Labute approximate surface area is 178 Å². The van der Waals surface area contributed by atoms with Crippen LogP contribution < -0.4 is 9.47 Å². The highest BCUT2D eigenvalue weighted by Crippen LogP contribution is 2.38. The Bertz CT molecular complexity index is 1040. The van der Waals surface area contributed by atoms with E-state index in [2.05, 4.69) is 0 Å². The van der Waals surface area contributed by atoms with Crippen LogP contribution in [-0.2, 0) is 0 Å². The minimum atomic E-state index is -0.484. The highest BCUT2D eigenvalue weighted by atomic mass is 35.5.